The van der Waals surface area contributed by atoms with Crippen LogP contribution in [0.2, 0.25) is 0 Å². The zero-order chi connectivity index (χ0) is 15.5. The molecule has 2 aromatic heterocycles. The molecule has 0 aliphatic heterocycles. The Hall–Kier alpha value is -2.20. The van der Waals surface area contributed by atoms with Crippen molar-refractivity contribution in [2.24, 2.45) is 0 Å². The number of nitrogens with one attached hydrogen (secondary N) is 2. The van der Waals surface area contributed by atoms with Crippen molar-refractivity contribution < 1.29 is 22.7 Å². The Labute approximate surface area is 120 Å². The van der Waals surface area contributed by atoms with Crippen LogP contribution in [0.25, 0.3) is 0 Å². The van der Waals surface area contributed by atoms with Crippen molar-refractivity contribution in [1.82, 2.24) is 19.9 Å². The Morgan fingerprint density at radius 2 is 2.29 bits per heavy atom. The van der Waals surface area contributed by atoms with Crippen LogP contribution in [0.1, 0.15) is 28.6 Å². The Balaban J connectivity index is 1.96. The molecule has 0 fully saturated rings. The number of hydrogen-bond donors (Lipinski definition) is 3. The summed E-state index contributed by atoms with van der Waals surface area (Å²) in [5.74, 6) is -1.02. The van der Waals surface area contributed by atoms with E-state index in [2.05, 4.69) is 19.9 Å². The van der Waals surface area contributed by atoms with Gasteiger partial charge in [0.15, 0.2) is 0 Å². The molecule has 0 aliphatic rings. The van der Waals surface area contributed by atoms with E-state index in [1.807, 2.05) is 0 Å². The van der Waals surface area contributed by atoms with Crippen molar-refractivity contribution in [3.05, 3.63) is 29.7 Å². The fourth-order valence-electron chi connectivity index (χ4n) is 1.73. The highest BCUT2D eigenvalue weighted by Crippen LogP contribution is 2.19. The molecule has 0 amide bonds. The van der Waals surface area contributed by atoms with Crippen molar-refractivity contribution in [3.63, 3.8) is 0 Å². The molecule has 3 N–H and O–H groups in total. The molecule has 0 bridgehead atoms. The molecule has 0 atom stereocenters. The number of nitrogens with zero attached hydrogens (tertiary/aromatic N) is 2. The van der Waals surface area contributed by atoms with E-state index in [-0.39, 0.29) is 17.2 Å². The summed E-state index contributed by atoms with van der Waals surface area (Å²) >= 11 is 0. The highest BCUT2D eigenvalue weighted by Gasteiger charge is 2.23. The lowest BCUT2D eigenvalue weighted by Crippen LogP contribution is -2.25. The van der Waals surface area contributed by atoms with Gasteiger partial charge in [0.1, 0.15) is 22.8 Å². The van der Waals surface area contributed by atoms with Crippen LogP contribution in [0.15, 0.2) is 21.7 Å². The number of sulfonamides is 1. The van der Waals surface area contributed by atoms with Crippen LogP contribution < -0.4 is 4.72 Å². The summed E-state index contributed by atoms with van der Waals surface area (Å²) in [6.07, 6.45) is 2.45. The van der Waals surface area contributed by atoms with Crippen LogP contribution in [0.3, 0.4) is 0 Å². The lowest BCUT2D eigenvalue weighted by molar-refractivity contribution is 0.0661. The number of aryl methyl sites for hydroxylation is 2. The summed E-state index contributed by atoms with van der Waals surface area (Å²) in [6, 6.07) is 0.996. The molecule has 0 spiro atoms. The topological polar surface area (TPSA) is 138 Å². The fourth-order valence-corrected chi connectivity index (χ4v) is 2.98. The van der Waals surface area contributed by atoms with Crippen molar-refractivity contribution in [2.45, 2.75) is 24.7 Å². The maximum Gasteiger partial charge on any atom is 0.371 e. The zero-order valence-corrected chi connectivity index (χ0v) is 12.0. The number of carboxylic acids is 1. The number of hydrogen-bond acceptors (Lipinski definition) is 6. The minimum absolute atomic E-state index is 0.0372. The summed E-state index contributed by atoms with van der Waals surface area (Å²) in [4.78, 5) is 14.5. The largest absolute Gasteiger partial charge is 0.475 e. The third-order valence-corrected chi connectivity index (χ3v) is 4.29. The van der Waals surface area contributed by atoms with Gasteiger partial charge in [-0.2, -0.15) is 5.10 Å². The van der Waals surface area contributed by atoms with Gasteiger partial charge in [-0.05, 0) is 13.3 Å². The van der Waals surface area contributed by atoms with E-state index in [1.165, 1.54) is 13.3 Å². The number of carboxylic acid groups (broad SMARTS) is 1. The van der Waals surface area contributed by atoms with Gasteiger partial charge in [0.25, 0.3) is 0 Å². The smallest absolute Gasteiger partial charge is 0.371 e. The monoisotopic (exact) mass is 314 g/mol. The highest BCUT2D eigenvalue weighted by molar-refractivity contribution is 7.89. The van der Waals surface area contributed by atoms with E-state index in [4.69, 9.17) is 9.52 Å². The van der Waals surface area contributed by atoms with Gasteiger partial charge in [-0.3, -0.25) is 5.10 Å². The number of aromatic carboxylic acids is 1. The lowest BCUT2D eigenvalue weighted by atomic mass is 10.3. The first-order valence-electron chi connectivity index (χ1n) is 6.08. The Morgan fingerprint density at radius 3 is 2.86 bits per heavy atom. The SMILES string of the molecule is Cc1oc(C(=O)O)cc1S(=O)(=O)NCCCc1ncn[nH]1. The summed E-state index contributed by atoms with van der Waals surface area (Å²) < 4.78 is 31.4. The van der Waals surface area contributed by atoms with Gasteiger partial charge in [0, 0.05) is 19.0 Å². The first-order valence-corrected chi connectivity index (χ1v) is 7.56. The molecule has 21 heavy (non-hydrogen) atoms. The van der Waals surface area contributed by atoms with Crippen molar-refractivity contribution in [1.29, 1.82) is 0 Å². The number of furan rings is 1. The zero-order valence-electron chi connectivity index (χ0n) is 11.2. The second kappa shape index (κ2) is 6.06. The summed E-state index contributed by atoms with van der Waals surface area (Å²) in [5.41, 5.74) is 0. The minimum Gasteiger partial charge on any atom is -0.475 e. The lowest BCUT2D eigenvalue weighted by Gasteiger charge is -2.04. The van der Waals surface area contributed by atoms with Crippen LogP contribution in [0.5, 0.6) is 0 Å². The Bertz CT molecular complexity index is 720. The normalized spacial score (nSPS) is 11.7. The standard InChI is InChI=1S/C11H14N4O5S/c1-7-9(5-8(20-7)11(16)17)21(18,19)14-4-2-3-10-12-6-13-15-10/h5-6,14H,2-4H2,1H3,(H,16,17)(H,12,13,15). The van der Waals surface area contributed by atoms with Gasteiger partial charge in [-0.25, -0.2) is 22.9 Å². The average Bonchev–Trinajstić information content (AvgIpc) is 3.04. The van der Waals surface area contributed by atoms with E-state index >= 15 is 0 Å². The molecule has 0 aromatic carbocycles. The predicted molar refractivity (Wildman–Crippen MR) is 70.3 cm³/mol. The number of carbonyl (C=O) groups is 1. The summed E-state index contributed by atoms with van der Waals surface area (Å²) in [7, 11) is -3.80. The number of H-pyrrole nitrogens is 1. The number of rotatable bonds is 7. The molecular formula is C11H14N4O5S. The van der Waals surface area contributed by atoms with Crippen LogP contribution in [-0.4, -0.2) is 41.2 Å². The van der Waals surface area contributed by atoms with Crippen molar-refractivity contribution >= 4 is 16.0 Å². The Kier molecular flexibility index (Phi) is 4.38. The molecule has 0 saturated carbocycles. The second-order valence-electron chi connectivity index (χ2n) is 4.27. The minimum atomic E-state index is -3.80. The van der Waals surface area contributed by atoms with Crippen molar-refractivity contribution in [3.8, 4) is 0 Å². The van der Waals surface area contributed by atoms with Gasteiger partial charge in [-0.15, -0.1) is 0 Å². The van der Waals surface area contributed by atoms with Gasteiger partial charge in [0.2, 0.25) is 15.8 Å². The molecule has 10 heteroatoms. The molecule has 2 rings (SSSR count). The fraction of sp³-hybridized carbons (Fsp3) is 0.364. The quantitative estimate of drug-likeness (QED) is 0.625. The van der Waals surface area contributed by atoms with E-state index in [9.17, 15) is 13.2 Å². The Morgan fingerprint density at radius 1 is 1.52 bits per heavy atom. The average molecular weight is 314 g/mol. The van der Waals surface area contributed by atoms with Gasteiger partial charge in [-0.1, -0.05) is 0 Å². The third-order valence-electron chi connectivity index (χ3n) is 2.72. The maximum atomic E-state index is 12.1. The molecule has 0 radical (unpaired) electrons. The molecule has 9 nitrogen and oxygen atoms in total. The summed E-state index contributed by atoms with van der Waals surface area (Å²) in [5, 5.41) is 15.1. The van der Waals surface area contributed by atoms with Crippen LogP contribution in [0, 0.1) is 6.92 Å². The van der Waals surface area contributed by atoms with E-state index in [0.29, 0.717) is 18.7 Å². The third kappa shape index (κ3) is 3.67. The second-order valence-corrected chi connectivity index (χ2v) is 6.01. The molecular weight excluding hydrogens is 300 g/mol. The number of aromatic amines is 1. The van der Waals surface area contributed by atoms with E-state index in [1.54, 1.807) is 0 Å². The first-order chi connectivity index (χ1) is 9.90. The maximum absolute atomic E-state index is 12.1. The van der Waals surface area contributed by atoms with Crippen LogP contribution >= 0.6 is 0 Å². The predicted octanol–water partition coefficient (Wildman–Crippen LogP) is 0.315. The number of aromatic nitrogens is 3. The van der Waals surface area contributed by atoms with E-state index < -0.39 is 21.8 Å². The van der Waals surface area contributed by atoms with Gasteiger partial charge >= 0.3 is 5.97 Å². The molecule has 0 aliphatic carbocycles. The van der Waals surface area contributed by atoms with Gasteiger partial charge in [0.05, 0.1) is 0 Å². The van der Waals surface area contributed by atoms with Crippen LogP contribution in [0.4, 0.5) is 0 Å². The first kappa shape index (κ1) is 15.2. The van der Waals surface area contributed by atoms with Gasteiger partial charge < -0.3 is 9.52 Å². The molecule has 0 saturated heterocycles. The van der Waals surface area contributed by atoms with Crippen LogP contribution in [-0.2, 0) is 16.4 Å². The highest BCUT2D eigenvalue weighted by atomic mass is 32.2. The summed E-state index contributed by atoms with van der Waals surface area (Å²) in [6.45, 7) is 1.59. The van der Waals surface area contributed by atoms with E-state index in [0.717, 1.165) is 6.07 Å². The van der Waals surface area contributed by atoms with Crippen molar-refractivity contribution in [2.75, 3.05) is 6.54 Å². The molecule has 0 unspecified atom stereocenters. The molecule has 2 aromatic rings. The molecule has 114 valence electrons. The molecule has 2 heterocycles.